The number of nitrogens with zero attached hydrogens (tertiary/aromatic N) is 2. The molecule has 2 aromatic rings. The van der Waals surface area contributed by atoms with E-state index in [1.807, 2.05) is 13.8 Å². The fourth-order valence-corrected chi connectivity index (χ4v) is 4.18. The number of halogens is 1. The van der Waals surface area contributed by atoms with Gasteiger partial charge in [0.05, 0.1) is 11.9 Å². The Morgan fingerprint density at radius 3 is 2.21 bits per heavy atom. The third-order valence-corrected chi connectivity index (χ3v) is 6.62. The van der Waals surface area contributed by atoms with Crippen LogP contribution in [0.2, 0.25) is 0 Å². The second kappa shape index (κ2) is 11.3. The molecule has 0 aliphatic carbocycles. The second-order valence-electron chi connectivity index (χ2n) is 8.20. The molecule has 0 saturated carbocycles. The van der Waals surface area contributed by atoms with Gasteiger partial charge in [0.2, 0.25) is 21.8 Å². The minimum Gasteiger partial charge on any atom is -0.352 e. The molecule has 0 saturated heterocycles. The molecule has 7 nitrogen and oxygen atoms in total. The number of hydrogen-bond donors (Lipinski definition) is 1. The van der Waals surface area contributed by atoms with Crippen molar-refractivity contribution in [2.45, 2.75) is 52.7 Å². The number of amides is 2. The van der Waals surface area contributed by atoms with Crippen molar-refractivity contribution in [3.63, 3.8) is 0 Å². The highest BCUT2D eigenvalue weighted by Gasteiger charge is 2.30. The van der Waals surface area contributed by atoms with Crippen molar-refractivity contribution in [2.24, 2.45) is 0 Å². The molecule has 0 aliphatic rings. The smallest absolute Gasteiger partial charge is 0.244 e. The van der Waals surface area contributed by atoms with Crippen molar-refractivity contribution in [3.8, 4) is 0 Å². The van der Waals surface area contributed by atoms with Gasteiger partial charge in [0.15, 0.2) is 0 Å². The van der Waals surface area contributed by atoms with Crippen molar-refractivity contribution in [3.05, 3.63) is 65.5 Å². The fraction of sp³-hybridized carbons (Fsp3) is 0.417. The number of carbonyl (C=O) groups excluding carboxylic acids is 2. The number of rotatable bonds is 10. The monoisotopic (exact) mass is 477 g/mol. The Hall–Kier alpha value is -2.94. The van der Waals surface area contributed by atoms with E-state index in [9.17, 15) is 22.4 Å². The molecule has 0 spiro atoms. The number of para-hydroxylation sites is 1. The Balaban J connectivity index is 2.39. The van der Waals surface area contributed by atoms with E-state index >= 15 is 0 Å². The lowest BCUT2D eigenvalue weighted by molar-refractivity contribution is -0.139. The van der Waals surface area contributed by atoms with Crippen LogP contribution in [0.25, 0.3) is 0 Å². The lowest BCUT2D eigenvalue weighted by atomic mass is 10.1. The van der Waals surface area contributed by atoms with Gasteiger partial charge in [-0.3, -0.25) is 13.9 Å². The Morgan fingerprint density at radius 2 is 1.67 bits per heavy atom. The normalized spacial score (nSPS) is 13.2. The molecule has 2 aromatic carbocycles. The number of hydrogen-bond acceptors (Lipinski definition) is 4. The highest BCUT2D eigenvalue weighted by Crippen LogP contribution is 2.23. The average molecular weight is 478 g/mol. The van der Waals surface area contributed by atoms with Gasteiger partial charge in [-0.05, 0) is 56.5 Å². The standard InChI is InChI=1S/C24H32FN3O4S/c1-6-18(3)26-24(30)19(4)27(15-20-11-13-21(25)14-12-20)23(29)16-28(33(5,31)32)22-10-8-7-9-17(22)2/h7-14,18-19H,6,15-16H2,1-5H3,(H,26,30)/t18-,19+/m1/s1. The molecular weight excluding hydrogens is 445 g/mol. The number of anilines is 1. The largest absolute Gasteiger partial charge is 0.352 e. The van der Waals surface area contributed by atoms with Gasteiger partial charge < -0.3 is 10.2 Å². The minimum atomic E-state index is -3.78. The van der Waals surface area contributed by atoms with Gasteiger partial charge in [-0.1, -0.05) is 37.3 Å². The first-order valence-electron chi connectivity index (χ1n) is 10.8. The number of aryl methyl sites for hydroxylation is 1. The lowest BCUT2D eigenvalue weighted by Crippen LogP contribution is -2.52. The first-order chi connectivity index (χ1) is 15.4. The molecule has 0 aromatic heterocycles. The van der Waals surface area contributed by atoms with Crippen LogP contribution in [0, 0.1) is 12.7 Å². The van der Waals surface area contributed by atoms with Crippen LogP contribution in [0.5, 0.6) is 0 Å². The predicted octanol–water partition coefficient (Wildman–Crippen LogP) is 3.23. The third kappa shape index (κ3) is 7.28. The molecule has 0 fully saturated rings. The summed E-state index contributed by atoms with van der Waals surface area (Å²) in [6.45, 7) is 6.71. The summed E-state index contributed by atoms with van der Waals surface area (Å²) < 4.78 is 39.5. The number of sulfonamides is 1. The van der Waals surface area contributed by atoms with Crippen LogP contribution < -0.4 is 9.62 Å². The van der Waals surface area contributed by atoms with Gasteiger partial charge in [-0.25, -0.2) is 12.8 Å². The van der Waals surface area contributed by atoms with Crippen LogP contribution in [0.15, 0.2) is 48.5 Å². The topological polar surface area (TPSA) is 86.8 Å². The molecule has 0 aliphatic heterocycles. The van der Waals surface area contributed by atoms with Crippen molar-refractivity contribution in [1.82, 2.24) is 10.2 Å². The number of carbonyl (C=O) groups is 2. The summed E-state index contributed by atoms with van der Waals surface area (Å²) in [6.07, 6.45) is 1.76. The zero-order valence-electron chi connectivity index (χ0n) is 19.7. The Kier molecular flexibility index (Phi) is 8.99. The van der Waals surface area contributed by atoms with Crippen molar-refractivity contribution in [1.29, 1.82) is 0 Å². The van der Waals surface area contributed by atoms with E-state index in [4.69, 9.17) is 0 Å². The van der Waals surface area contributed by atoms with Crippen LogP contribution in [-0.2, 0) is 26.2 Å². The van der Waals surface area contributed by atoms with Crippen molar-refractivity contribution >= 4 is 27.5 Å². The van der Waals surface area contributed by atoms with E-state index in [2.05, 4.69) is 5.32 Å². The molecule has 1 N–H and O–H groups in total. The molecule has 180 valence electrons. The lowest BCUT2D eigenvalue weighted by Gasteiger charge is -2.32. The highest BCUT2D eigenvalue weighted by molar-refractivity contribution is 7.92. The van der Waals surface area contributed by atoms with Gasteiger partial charge in [0.25, 0.3) is 0 Å². The van der Waals surface area contributed by atoms with Gasteiger partial charge in [-0.2, -0.15) is 0 Å². The van der Waals surface area contributed by atoms with E-state index < -0.39 is 34.3 Å². The quantitative estimate of drug-likeness (QED) is 0.569. The predicted molar refractivity (Wildman–Crippen MR) is 128 cm³/mol. The van der Waals surface area contributed by atoms with Crippen LogP contribution in [0.3, 0.4) is 0 Å². The Labute approximate surface area is 195 Å². The zero-order chi connectivity index (χ0) is 24.8. The van der Waals surface area contributed by atoms with Crippen LogP contribution in [0.4, 0.5) is 10.1 Å². The van der Waals surface area contributed by atoms with E-state index in [1.165, 1.54) is 29.2 Å². The van der Waals surface area contributed by atoms with Crippen molar-refractivity contribution < 1.29 is 22.4 Å². The number of nitrogens with one attached hydrogen (secondary N) is 1. The summed E-state index contributed by atoms with van der Waals surface area (Å²) in [7, 11) is -3.78. The summed E-state index contributed by atoms with van der Waals surface area (Å²) in [4.78, 5) is 27.6. The first-order valence-corrected chi connectivity index (χ1v) is 12.7. The van der Waals surface area contributed by atoms with Crippen molar-refractivity contribution in [2.75, 3.05) is 17.1 Å². The molecule has 33 heavy (non-hydrogen) atoms. The molecule has 0 heterocycles. The summed E-state index contributed by atoms with van der Waals surface area (Å²) in [5.74, 6) is -1.30. The molecule has 2 atom stereocenters. The summed E-state index contributed by atoms with van der Waals surface area (Å²) in [6, 6.07) is 11.5. The fourth-order valence-electron chi connectivity index (χ4n) is 3.27. The van der Waals surface area contributed by atoms with E-state index in [0.717, 1.165) is 17.0 Å². The maximum Gasteiger partial charge on any atom is 0.244 e. The molecular formula is C24H32FN3O4S. The summed E-state index contributed by atoms with van der Waals surface area (Å²) >= 11 is 0. The van der Waals surface area contributed by atoms with Crippen LogP contribution >= 0.6 is 0 Å². The Morgan fingerprint density at radius 1 is 1.06 bits per heavy atom. The maximum absolute atomic E-state index is 13.4. The Bertz CT molecular complexity index is 1070. The molecule has 0 bridgehead atoms. The minimum absolute atomic E-state index is 0.0274. The third-order valence-electron chi connectivity index (χ3n) is 5.50. The van der Waals surface area contributed by atoms with Gasteiger partial charge >= 0.3 is 0 Å². The maximum atomic E-state index is 13.4. The second-order valence-corrected chi connectivity index (χ2v) is 10.1. The molecule has 0 radical (unpaired) electrons. The highest BCUT2D eigenvalue weighted by atomic mass is 32.2. The van der Waals surface area contributed by atoms with E-state index in [1.54, 1.807) is 38.1 Å². The summed E-state index contributed by atoms with van der Waals surface area (Å²) in [5, 5.41) is 2.86. The van der Waals surface area contributed by atoms with E-state index in [0.29, 0.717) is 16.8 Å². The molecule has 0 unspecified atom stereocenters. The zero-order valence-corrected chi connectivity index (χ0v) is 20.5. The van der Waals surface area contributed by atoms with Gasteiger partial charge in [-0.15, -0.1) is 0 Å². The molecule has 2 amide bonds. The van der Waals surface area contributed by atoms with Crippen LogP contribution in [0.1, 0.15) is 38.3 Å². The van der Waals surface area contributed by atoms with Gasteiger partial charge in [0, 0.05) is 12.6 Å². The molecule has 9 heteroatoms. The average Bonchev–Trinajstić information content (AvgIpc) is 2.76. The van der Waals surface area contributed by atoms with E-state index in [-0.39, 0.29) is 18.5 Å². The van der Waals surface area contributed by atoms with Crippen LogP contribution in [-0.4, -0.2) is 50.0 Å². The van der Waals surface area contributed by atoms with Gasteiger partial charge in [0.1, 0.15) is 18.4 Å². The first kappa shape index (κ1) is 26.3. The summed E-state index contributed by atoms with van der Waals surface area (Å²) in [5.41, 5.74) is 1.71. The number of benzene rings is 2. The SMILES string of the molecule is CC[C@@H](C)NC(=O)[C@H](C)N(Cc1ccc(F)cc1)C(=O)CN(c1ccccc1C)S(C)(=O)=O. The molecule has 2 rings (SSSR count).